The van der Waals surface area contributed by atoms with E-state index in [-0.39, 0.29) is 22.3 Å². The Morgan fingerprint density at radius 3 is 2.36 bits per heavy atom. The smallest absolute Gasteiger partial charge is 0.269 e. The van der Waals surface area contributed by atoms with Crippen molar-refractivity contribution in [2.45, 2.75) is 11.7 Å². The molecule has 1 heterocycles. The Hall–Kier alpha value is -3.41. The van der Waals surface area contributed by atoms with Gasteiger partial charge in [-0.1, -0.05) is 58.0 Å². The highest BCUT2D eigenvalue weighted by molar-refractivity contribution is 9.10. The third-order valence-corrected chi connectivity index (χ3v) is 6.75. The molecule has 0 bridgehead atoms. The summed E-state index contributed by atoms with van der Waals surface area (Å²) in [6, 6.07) is 23.8. The van der Waals surface area contributed by atoms with E-state index in [2.05, 4.69) is 21.2 Å². The first-order valence-corrected chi connectivity index (χ1v) is 11.6. The van der Waals surface area contributed by atoms with E-state index in [4.69, 9.17) is 0 Å². The van der Waals surface area contributed by atoms with Gasteiger partial charge in [0.25, 0.3) is 5.91 Å². The van der Waals surface area contributed by atoms with Crippen molar-refractivity contribution >= 4 is 50.9 Å². The fourth-order valence-electron chi connectivity index (χ4n) is 3.36. The summed E-state index contributed by atoms with van der Waals surface area (Å²) in [5.41, 5.74) is 1.73. The molecule has 1 fully saturated rings. The van der Waals surface area contributed by atoms with Gasteiger partial charge in [0.2, 0.25) is 5.91 Å². The molecule has 164 valence electrons. The topological polar surface area (TPSA) is 73.2 Å². The quantitative estimate of drug-likeness (QED) is 0.347. The Morgan fingerprint density at radius 2 is 1.73 bits per heavy atom. The molecule has 0 spiro atoms. The van der Waals surface area contributed by atoms with E-state index < -0.39 is 11.2 Å². The molecule has 0 saturated carbocycles. The highest BCUT2D eigenvalue weighted by Gasteiger charge is 2.40. The van der Waals surface area contributed by atoms with E-state index in [1.54, 1.807) is 60.7 Å². The van der Waals surface area contributed by atoms with Gasteiger partial charge in [-0.05, 0) is 60.5 Å². The number of rotatable bonds is 5. The molecule has 1 atom stereocenters. The van der Waals surface area contributed by atoms with Crippen LogP contribution in [0.4, 0.5) is 15.8 Å². The molecule has 4 rings (SSSR count). The number of halogens is 2. The van der Waals surface area contributed by atoms with Crippen LogP contribution in [0.15, 0.2) is 93.9 Å². The number of amides is 2. The summed E-state index contributed by atoms with van der Waals surface area (Å²) in [6.45, 7) is 0. The SMILES string of the molecule is N#C/C(C(=O)Nc1ccc(Br)cc1)=C1/SC(Cc2ccc(F)cc2)C(=O)N1c1ccccc1. The molecule has 1 unspecified atom stereocenters. The summed E-state index contributed by atoms with van der Waals surface area (Å²) >= 11 is 4.51. The number of carbonyl (C=O) groups is 2. The van der Waals surface area contributed by atoms with E-state index in [9.17, 15) is 19.2 Å². The van der Waals surface area contributed by atoms with Crippen LogP contribution >= 0.6 is 27.7 Å². The summed E-state index contributed by atoms with van der Waals surface area (Å²) in [5.74, 6) is -1.19. The fraction of sp³-hybridized carbons (Fsp3) is 0.0800. The largest absolute Gasteiger partial charge is 0.321 e. The molecule has 0 aromatic heterocycles. The maximum atomic E-state index is 13.4. The van der Waals surface area contributed by atoms with Crippen LogP contribution in [0.3, 0.4) is 0 Å². The molecule has 1 saturated heterocycles. The molecule has 0 aliphatic carbocycles. The summed E-state index contributed by atoms with van der Waals surface area (Å²) in [7, 11) is 0. The third kappa shape index (κ3) is 5.16. The van der Waals surface area contributed by atoms with Crippen LogP contribution in [0.25, 0.3) is 0 Å². The fourth-order valence-corrected chi connectivity index (χ4v) is 4.93. The van der Waals surface area contributed by atoms with Gasteiger partial charge >= 0.3 is 0 Å². The van der Waals surface area contributed by atoms with Gasteiger partial charge in [-0.25, -0.2) is 4.39 Å². The Labute approximate surface area is 203 Å². The minimum Gasteiger partial charge on any atom is -0.321 e. The number of nitrogens with zero attached hydrogens (tertiary/aromatic N) is 2. The highest BCUT2D eigenvalue weighted by Crippen LogP contribution is 2.42. The molecule has 2 amide bonds. The minimum atomic E-state index is -0.599. The number of benzene rings is 3. The van der Waals surface area contributed by atoms with Gasteiger partial charge in [0.15, 0.2) is 0 Å². The molecule has 1 aliphatic heterocycles. The number of thioether (sulfide) groups is 1. The van der Waals surface area contributed by atoms with Crippen LogP contribution < -0.4 is 10.2 Å². The second-order valence-corrected chi connectivity index (χ2v) is 9.31. The zero-order chi connectivity index (χ0) is 23.4. The van der Waals surface area contributed by atoms with Crippen LogP contribution in [-0.4, -0.2) is 17.1 Å². The van der Waals surface area contributed by atoms with E-state index >= 15 is 0 Å². The van der Waals surface area contributed by atoms with Gasteiger partial charge in [0.05, 0.1) is 5.25 Å². The van der Waals surface area contributed by atoms with Crippen molar-refractivity contribution in [2.24, 2.45) is 0 Å². The van der Waals surface area contributed by atoms with E-state index in [1.165, 1.54) is 28.8 Å². The molecule has 3 aromatic carbocycles. The lowest BCUT2D eigenvalue weighted by atomic mass is 10.1. The molecule has 0 radical (unpaired) electrons. The van der Waals surface area contributed by atoms with Crippen LogP contribution in [0.2, 0.25) is 0 Å². The van der Waals surface area contributed by atoms with Crippen LogP contribution in [0.5, 0.6) is 0 Å². The predicted molar refractivity (Wildman–Crippen MR) is 131 cm³/mol. The van der Waals surface area contributed by atoms with Crippen LogP contribution in [0.1, 0.15) is 5.56 Å². The molecular weight excluding hydrogens is 505 g/mol. The van der Waals surface area contributed by atoms with Crippen LogP contribution in [0, 0.1) is 17.1 Å². The Morgan fingerprint density at radius 1 is 1.06 bits per heavy atom. The first-order chi connectivity index (χ1) is 16.0. The number of hydrogen-bond donors (Lipinski definition) is 1. The molecule has 1 N–H and O–H groups in total. The Bertz CT molecular complexity index is 1260. The maximum Gasteiger partial charge on any atom is 0.269 e. The summed E-state index contributed by atoms with van der Waals surface area (Å²) in [6.07, 6.45) is 0.337. The number of nitriles is 1. The Balaban J connectivity index is 1.70. The van der Waals surface area contributed by atoms with Gasteiger partial charge < -0.3 is 5.32 Å². The van der Waals surface area contributed by atoms with Crippen molar-refractivity contribution in [3.63, 3.8) is 0 Å². The summed E-state index contributed by atoms with van der Waals surface area (Å²) in [4.78, 5) is 27.8. The minimum absolute atomic E-state index is 0.151. The van der Waals surface area contributed by atoms with E-state index in [0.717, 1.165) is 10.0 Å². The first kappa shape index (κ1) is 22.8. The van der Waals surface area contributed by atoms with Crippen molar-refractivity contribution < 1.29 is 14.0 Å². The predicted octanol–water partition coefficient (Wildman–Crippen LogP) is 5.65. The molecule has 3 aromatic rings. The van der Waals surface area contributed by atoms with Gasteiger partial charge in [0, 0.05) is 15.8 Å². The van der Waals surface area contributed by atoms with Gasteiger partial charge in [-0.2, -0.15) is 5.26 Å². The number of anilines is 2. The van der Waals surface area contributed by atoms with Gasteiger partial charge in [-0.3, -0.25) is 14.5 Å². The van der Waals surface area contributed by atoms with Crippen molar-refractivity contribution in [1.82, 2.24) is 0 Å². The number of carbonyl (C=O) groups excluding carboxylic acids is 2. The van der Waals surface area contributed by atoms with Gasteiger partial charge in [-0.15, -0.1) is 0 Å². The average Bonchev–Trinajstić information content (AvgIpc) is 3.13. The molecule has 33 heavy (non-hydrogen) atoms. The second-order valence-electron chi connectivity index (χ2n) is 7.20. The van der Waals surface area contributed by atoms with Crippen molar-refractivity contribution in [3.05, 3.63) is 105 Å². The average molecular weight is 522 g/mol. The normalized spacial score (nSPS) is 16.9. The zero-order valence-electron chi connectivity index (χ0n) is 17.2. The monoisotopic (exact) mass is 521 g/mol. The third-order valence-electron chi connectivity index (χ3n) is 4.96. The van der Waals surface area contributed by atoms with Crippen molar-refractivity contribution in [1.29, 1.82) is 5.26 Å². The molecular formula is C25H17BrFN3O2S. The number of nitrogens with one attached hydrogen (secondary N) is 1. The molecule has 1 aliphatic rings. The van der Waals surface area contributed by atoms with Gasteiger partial charge in [0.1, 0.15) is 22.5 Å². The van der Waals surface area contributed by atoms with E-state index in [1.807, 2.05) is 12.1 Å². The highest BCUT2D eigenvalue weighted by atomic mass is 79.9. The zero-order valence-corrected chi connectivity index (χ0v) is 19.6. The standard InChI is InChI=1S/C25H17BrFN3O2S/c26-17-8-12-19(13-9-17)29-23(31)21(15-28)25-30(20-4-2-1-3-5-20)24(32)22(33-25)14-16-6-10-18(27)11-7-16/h1-13,22H,14H2,(H,29,31)/b25-21-. The lowest BCUT2D eigenvalue weighted by molar-refractivity contribution is -0.117. The van der Waals surface area contributed by atoms with E-state index in [0.29, 0.717) is 17.8 Å². The first-order valence-electron chi connectivity index (χ1n) is 9.97. The lowest BCUT2D eigenvalue weighted by Crippen LogP contribution is -2.30. The number of para-hydroxylation sites is 1. The van der Waals surface area contributed by atoms with Crippen molar-refractivity contribution in [3.8, 4) is 6.07 Å². The maximum absolute atomic E-state index is 13.4. The van der Waals surface area contributed by atoms with Crippen LogP contribution in [-0.2, 0) is 16.0 Å². The number of hydrogen-bond acceptors (Lipinski definition) is 4. The Kier molecular flexibility index (Phi) is 6.92. The summed E-state index contributed by atoms with van der Waals surface area (Å²) in [5, 5.41) is 12.3. The van der Waals surface area contributed by atoms with Crippen molar-refractivity contribution in [2.75, 3.05) is 10.2 Å². The molecule has 8 heteroatoms. The summed E-state index contributed by atoms with van der Waals surface area (Å²) < 4.78 is 14.1. The lowest BCUT2D eigenvalue weighted by Gasteiger charge is -2.18. The second kappa shape index (κ2) is 10.0. The molecule has 5 nitrogen and oxygen atoms in total.